The maximum atomic E-state index is 12.9. The second kappa shape index (κ2) is 5.85. The van der Waals surface area contributed by atoms with Crippen LogP contribution in [0.25, 0.3) is 5.65 Å². The average molecular weight is 300 g/mol. The molecule has 0 atom stereocenters. The van der Waals surface area contributed by atoms with Gasteiger partial charge in [0.2, 0.25) is 0 Å². The molecule has 0 fully saturated rings. The Labute approximate surface area is 125 Å². The van der Waals surface area contributed by atoms with Gasteiger partial charge in [-0.2, -0.15) is 0 Å². The van der Waals surface area contributed by atoms with Crippen molar-refractivity contribution in [1.29, 1.82) is 0 Å². The van der Waals surface area contributed by atoms with Crippen molar-refractivity contribution in [3.8, 4) is 5.75 Å². The standard InChI is InChI=1S/C16H13FN2O3/c17-12-5-3-11(4-6-12)10-22-14-2-1-7-19-9-13(8-15(20)21)18-16(14)19/h1-7,9H,8,10H2,(H,20,21). The van der Waals surface area contributed by atoms with Crippen LogP contribution >= 0.6 is 0 Å². The Morgan fingerprint density at radius 2 is 2.05 bits per heavy atom. The van der Waals surface area contributed by atoms with E-state index in [4.69, 9.17) is 9.84 Å². The fourth-order valence-electron chi connectivity index (χ4n) is 2.13. The first-order chi connectivity index (χ1) is 10.6. The summed E-state index contributed by atoms with van der Waals surface area (Å²) in [5.41, 5.74) is 1.85. The predicted octanol–water partition coefficient (Wildman–Crippen LogP) is 2.68. The smallest absolute Gasteiger partial charge is 0.309 e. The zero-order valence-corrected chi connectivity index (χ0v) is 11.6. The first-order valence-corrected chi connectivity index (χ1v) is 6.67. The number of halogens is 1. The molecule has 1 N–H and O–H groups in total. The Morgan fingerprint density at radius 3 is 2.77 bits per heavy atom. The third kappa shape index (κ3) is 3.06. The average Bonchev–Trinajstić information content (AvgIpc) is 2.88. The molecule has 2 heterocycles. The molecule has 6 heteroatoms. The second-order valence-corrected chi connectivity index (χ2v) is 4.82. The Morgan fingerprint density at radius 1 is 1.27 bits per heavy atom. The lowest BCUT2D eigenvalue weighted by molar-refractivity contribution is -0.136. The molecule has 2 aromatic heterocycles. The normalized spacial score (nSPS) is 10.8. The number of benzene rings is 1. The molecular formula is C16H13FN2O3. The lowest BCUT2D eigenvalue weighted by Gasteiger charge is -2.07. The van der Waals surface area contributed by atoms with E-state index in [2.05, 4.69) is 4.98 Å². The Balaban J connectivity index is 1.82. The fourth-order valence-corrected chi connectivity index (χ4v) is 2.13. The van der Waals surface area contributed by atoms with E-state index < -0.39 is 5.97 Å². The van der Waals surface area contributed by atoms with Crippen molar-refractivity contribution >= 4 is 11.6 Å². The highest BCUT2D eigenvalue weighted by molar-refractivity contribution is 5.70. The van der Waals surface area contributed by atoms with Crippen LogP contribution in [-0.2, 0) is 17.8 Å². The van der Waals surface area contributed by atoms with Crippen LogP contribution in [0, 0.1) is 5.82 Å². The zero-order valence-electron chi connectivity index (χ0n) is 11.6. The summed E-state index contributed by atoms with van der Waals surface area (Å²) in [6.07, 6.45) is 3.30. The van der Waals surface area contributed by atoms with Crippen LogP contribution in [0.4, 0.5) is 4.39 Å². The van der Waals surface area contributed by atoms with Crippen LogP contribution in [0.2, 0.25) is 0 Å². The van der Waals surface area contributed by atoms with Gasteiger partial charge in [0.05, 0.1) is 12.1 Å². The Bertz CT molecular complexity index is 812. The van der Waals surface area contributed by atoms with E-state index in [1.54, 1.807) is 41.1 Å². The van der Waals surface area contributed by atoms with Gasteiger partial charge in [-0.15, -0.1) is 0 Å². The van der Waals surface area contributed by atoms with Crippen molar-refractivity contribution in [3.05, 3.63) is 65.9 Å². The first-order valence-electron chi connectivity index (χ1n) is 6.67. The SMILES string of the molecule is O=C(O)Cc1cn2cccc(OCc3ccc(F)cc3)c2n1. The molecule has 22 heavy (non-hydrogen) atoms. The molecule has 0 saturated carbocycles. The molecule has 0 aliphatic rings. The van der Waals surface area contributed by atoms with Gasteiger partial charge in [0, 0.05) is 12.4 Å². The van der Waals surface area contributed by atoms with Gasteiger partial charge in [-0.1, -0.05) is 12.1 Å². The number of carboxylic acid groups (broad SMARTS) is 1. The van der Waals surface area contributed by atoms with Gasteiger partial charge >= 0.3 is 5.97 Å². The molecule has 0 saturated heterocycles. The van der Waals surface area contributed by atoms with E-state index in [-0.39, 0.29) is 18.8 Å². The zero-order chi connectivity index (χ0) is 15.5. The van der Waals surface area contributed by atoms with Crippen molar-refractivity contribution in [3.63, 3.8) is 0 Å². The number of imidazole rings is 1. The van der Waals surface area contributed by atoms with Gasteiger partial charge in [0.25, 0.3) is 0 Å². The van der Waals surface area contributed by atoms with Crippen LogP contribution in [0.15, 0.2) is 48.8 Å². The second-order valence-electron chi connectivity index (χ2n) is 4.82. The van der Waals surface area contributed by atoms with Crippen molar-refractivity contribution in [2.75, 3.05) is 0 Å². The van der Waals surface area contributed by atoms with Crippen molar-refractivity contribution in [1.82, 2.24) is 9.38 Å². The lowest BCUT2D eigenvalue weighted by atomic mass is 10.2. The molecule has 0 spiro atoms. The summed E-state index contributed by atoms with van der Waals surface area (Å²) in [5, 5.41) is 8.82. The number of aliphatic carboxylic acids is 1. The lowest BCUT2D eigenvalue weighted by Crippen LogP contribution is -2.00. The van der Waals surface area contributed by atoms with Crippen molar-refractivity contribution in [2.45, 2.75) is 13.0 Å². The summed E-state index contributed by atoms with van der Waals surface area (Å²) < 4.78 is 20.3. The monoisotopic (exact) mass is 300 g/mol. The molecule has 1 aromatic carbocycles. The Hall–Kier alpha value is -2.89. The minimum absolute atomic E-state index is 0.140. The van der Waals surface area contributed by atoms with Gasteiger partial charge in [-0.05, 0) is 29.8 Å². The van der Waals surface area contributed by atoms with Gasteiger partial charge in [-0.3, -0.25) is 4.79 Å². The van der Waals surface area contributed by atoms with E-state index in [9.17, 15) is 9.18 Å². The van der Waals surface area contributed by atoms with Crippen LogP contribution in [0.1, 0.15) is 11.3 Å². The molecule has 112 valence electrons. The topological polar surface area (TPSA) is 63.8 Å². The van der Waals surface area contributed by atoms with E-state index in [1.807, 2.05) is 0 Å². The number of carbonyl (C=O) groups is 1. The molecule has 0 aliphatic carbocycles. The summed E-state index contributed by atoms with van der Waals surface area (Å²) >= 11 is 0. The van der Waals surface area contributed by atoms with E-state index in [0.29, 0.717) is 17.1 Å². The maximum absolute atomic E-state index is 12.9. The molecule has 0 unspecified atom stereocenters. The molecular weight excluding hydrogens is 287 g/mol. The number of aromatic nitrogens is 2. The van der Waals surface area contributed by atoms with Gasteiger partial charge in [0.15, 0.2) is 11.4 Å². The first kappa shape index (κ1) is 14.1. The molecule has 5 nitrogen and oxygen atoms in total. The van der Waals surface area contributed by atoms with Gasteiger partial charge in [-0.25, -0.2) is 9.37 Å². The van der Waals surface area contributed by atoms with Crippen LogP contribution in [0.5, 0.6) is 5.75 Å². The van der Waals surface area contributed by atoms with E-state index >= 15 is 0 Å². The number of nitrogens with zero attached hydrogens (tertiary/aromatic N) is 2. The summed E-state index contributed by atoms with van der Waals surface area (Å²) in [4.78, 5) is 15.0. The molecule has 0 aliphatic heterocycles. The predicted molar refractivity (Wildman–Crippen MR) is 77.3 cm³/mol. The highest BCUT2D eigenvalue weighted by Crippen LogP contribution is 2.20. The summed E-state index contributed by atoms with van der Waals surface area (Å²) in [6.45, 7) is 0.279. The van der Waals surface area contributed by atoms with E-state index in [1.165, 1.54) is 12.1 Å². The quantitative estimate of drug-likeness (QED) is 0.787. The summed E-state index contributed by atoms with van der Waals surface area (Å²) in [5.74, 6) is -0.682. The third-order valence-corrected chi connectivity index (χ3v) is 3.14. The number of hydrogen-bond acceptors (Lipinski definition) is 3. The maximum Gasteiger partial charge on any atom is 0.309 e. The molecule has 3 rings (SSSR count). The fraction of sp³-hybridized carbons (Fsp3) is 0.125. The number of rotatable bonds is 5. The summed E-state index contributed by atoms with van der Waals surface area (Å²) in [7, 11) is 0. The number of hydrogen-bond donors (Lipinski definition) is 1. The molecule has 0 radical (unpaired) electrons. The largest absolute Gasteiger partial charge is 0.485 e. The molecule has 0 amide bonds. The van der Waals surface area contributed by atoms with Gasteiger partial charge in [0.1, 0.15) is 12.4 Å². The number of pyridine rings is 1. The molecule has 3 aromatic rings. The van der Waals surface area contributed by atoms with Crippen molar-refractivity contribution in [2.24, 2.45) is 0 Å². The minimum Gasteiger partial charge on any atom is -0.485 e. The van der Waals surface area contributed by atoms with E-state index in [0.717, 1.165) is 5.56 Å². The third-order valence-electron chi connectivity index (χ3n) is 3.14. The van der Waals surface area contributed by atoms with Crippen LogP contribution in [0.3, 0.4) is 0 Å². The minimum atomic E-state index is -0.933. The number of fused-ring (bicyclic) bond motifs is 1. The van der Waals surface area contributed by atoms with Gasteiger partial charge < -0.3 is 14.2 Å². The van der Waals surface area contributed by atoms with Crippen LogP contribution < -0.4 is 4.74 Å². The summed E-state index contributed by atoms with van der Waals surface area (Å²) in [6, 6.07) is 9.60. The molecule has 0 bridgehead atoms. The number of carboxylic acids is 1. The highest BCUT2D eigenvalue weighted by atomic mass is 19.1. The Kier molecular flexibility index (Phi) is 3.74. The van der Waals surface area contributed by atoms with Crippen LogP contribution in [-0.4, -0.2) is 20.5 Å². The highest BCUT2D eigenvalue weighted by Gasteiger charge is 2.10. The van der Waals surface area contributed by atoms with Crippen molar-refractivity contribution < 1.29 is 19.0 Å². The number of ether oxygens (including phenoxy) is 1.